The third-order valence-electron chi connectivity index (χ3n) is 4.50. The molecule has 1 fully saturated rings. The van der Waals surface area contributed by atoms with Gasteiger partial charge in [-0.25, -0.2) is 0 Å². The van der Waals surface area contributed by atoms with Gasteiger partial charge in [-0.05, 0) is 24.7 Å². The molecule has 2 atom stereocenters. The lowest BCUT2D eigenvalue weighted by Crippen LogP contribution is -2.41. The van der Waals surface area contributed by atoms with E-state index >= 15 is 0 Å². The van der Waals surface area contributed by atoms with Crippen LogP contribution in [0.15, 0.2) is 0 Å². The molecule has 0 aromatic heterocycles. The largest absolute Gasteiger partial charge is 0.326 e. The Bertz CT molecular complexity index is 287. The van der Waals surface area contributed by atoms with Crippen molar-refractivity contribution in [2.24, 2.45) is 11.8 Å². The van der Waals surface area contributed by atoms with Gasteiger partial charge in [-0.15, -0.1) is 0 Å². The highest BCUT2D eigenvalue weighted by Crippen LogP contribution is 2.23. The first-order valence-corrected chi connectivity index (χ1v) is 8.59. The molecule has 3 nitrogen and oxygen atoms in total. The number of hydrogen-bond acceptors (Lipinski definition) is 2. The van der Waals surface area contributed by atoms with E-state index in [2.05, 4.69) is 44.8 Å². The predicted octanol–water partition coefficient (Wildman–Crippen LogP) is 3.79. The number of carbonyl (C=O) groups excluding carboxylic acids is 1. The van der Waals surface area contributed by atoms with Gasteiger partial charge in [-0.3, -0.25) is 10.1 Å². The molecule has 1 aliphatic rings. The van der Waals surface area contributed by atoms with Gasteiger partial charge in [0.2, 0.25) is 5.91 Å². The van der Waals surface area contributed by atoms with E-state index in [9.17, 15) is 4.79 Å². The first kappa shape index (κ1) is 17.5. The van der Waals surface area contributed by atoms with E-state index in [1.54, 1.807) is 0 Å². The Morgan fingerprint density at radius 2 is 1.85 bits per heavy atom. The van der Waals surface area contributed by atoms with Crippen LogP contribution >= 0.6 is 0 Å². The van der Waals surface area contributed by atoms with Gasteiger partial charge in [0.25, 0.3) is 0 Å². The molecule has 0 aromatic rings. The molecule has 2 unspecified atom stereocenters. The summed E-state index contributed by atoms with van der Waals surface area (Å²) in [5.74, 6) is 1.60. The molecule has 20 heavy (non-hydrogen) atoms. The molecule has 118 valence electrons. The van der Waals surface area contributed by atoms with E-state index in [1.165, 1.54) is 0 Å². The fraction of sp³-hybridized carbons (Fsp3) is 0.941. The Labute approximate surface area is 125 Å². The van der Waals surface area contributed by atoms with Crippen molar-refractivity contribution >= 4 is 5.91 Å². The summed E-state index contributed by atoms with van der Waals surface area (Å²) in [6, 6.07) is 0.0630. The Hall–Kier alpha value is -0.570. The number of rotatable bonds is 9. The van der Waals surface area contributed by atoms with Crippen molar-refractivity contribution in [3.8, 4) is 0 Å². The summed E-state index contributed by atoms with van der Waals surface area (Å²) >= 11 is 0. The topological polar surface area (TPSA) is 32.3 Å². The molecule has 1 rings (SSSR count). The third kappa shape index (κ3) is 4.76. The van der Waals surface area contributed by atoms with Crippen LogP contribution in [0, 0.1) is 11.8 Å². The van der Waals surface area contributed by atoms with Crippen LogP contribution in [0.25, 0.3) is 0 Å². The van der Waals surface area contributed by atoms with Crippen molar-refractivity contribution in [1.29, 1.82) is 0 Å². The first-order valence-electron chi connectivity index (χ1n) is 8.59. The van der Waals surface area contributed by atoms with Crippen LogP contribution in [0.4, 0.5) is 0 Å². The summed E-state index contributed by atoms with van der Waals surface area (Å²) in [6.07, 6.45) is 6.93. The summed E-state index contributed by atoms with van der Waals surface area (Å²) < 4.78 is 0. The smallest absolute Gasteiger partial charge is 0.241 e. The standard InChI is InChI=1S/C17H34N2O/c1-6-9-10-15-17(20)19(12-14(7-2)8-3)16(18-15)11-13(4)5/h13-16,18H,6-12H2,1-5H3. The van der Waals surface area contributed by atoms with Crippen molar-refractivity contribution in [2.45, 2.75) is 85.4 Å². The Kier molecular flexibility index (Phi) is 7.57. The molecule has 1 aliphatic heterocycles. The van der Waals surface area contributed by atoms with E-state index in [4.69, 9.17) is 0 Å². The van der Waals surface area contributed by atoms with Gasteiger partial charge in [0, 0.05) is 6.54 Å². The van der Waals surface area contributed by atoms with Gasteiger partial charge in [0.05, 0.1) is 12.2 Å². The van der Waals surface area contributed by atoms with Crippen molar-refractivity contribution in [2.75, 3.05) is 6.54 Å². The SMILES string of the molecule is CCCCC1NC(CC(C)C)N(CC(CC)CC)C1=O. The normalized spacial score (nSPS) is 23.4. The second-order valence-corrected chi connectivity index (χ2v) is 6.68. The van der Waals surface area contributed by atoms with Gasteiger partial charge in [0.15, 0.2) is 0 Å². The fourth-order valence-electron chi connectivity index (χ4n) is 3.05. The summed E-state index contributed by atoms with van der Waals surface area (Å²) in [5, 5.41) is 3.59. The minimum Gasteiger partial charge on any atom is -0.326 e. The third-order valence-corrected chi connectivity index (χ3v) is 4.50. The van der Waals surface area contributed by atoms with Crippen LogP contribution in [0.1, 0.15) is 73.1 Å². The van der Waals surface area contributed by atoms with E-state index in [0.29, 0.717) is 17.7 Å². The maximum Gasteiger partial charge on any atom is 0.241 e. The monoisotopic (exact) mass is 282 g/mol. The van der Waals surface area contributed by atoms with Gasteiger partial charge in [-0.1, -0.05) is 60.3 Å². The minimum absolute atomic E-state index is 0.0630. The number of hydrogen-bond donors (Lipinski definition) is 1. The summed E-state index contributed by atoms with van der Waals surface area (Å²) in [5.41, 5.74) is 0. The van der Waals surface area contributed by atoms with Crippen LogP contribution in [0.5, 0.6) is 0 Å². The summed E-state index contributed by atoms with van der Waals surface area (Å²) in [6.45, 7) is 12.1. The van der Waals surface area contributed by atoms with Gasteiger partial charge >= 0.3 is 0 Å². The number of nitrogens with zero attached hydrogens (tertiary/aromatic N) is 1. The Balaban J connectivity index is 2.70. The molecule has 1 heterocycles. The molecule has 0 aromatic carbocycles. The Morgan fingerprint density at radius 3 is 2.35 bits per heavy atom. The highest BCUT2D eigenvalue weighted by atomic mass is 16.2. The highest BCUT2D eigenvalue weighted by molar-refractivity contribution is 5.84. The molecule has 0 spiro atoms. The second kappa shape index (κ2) is 8.66. The zero-order chi connectivity index (χ0) is 15.1. The lowest BCUT2D eigenvalue weighted by Gasteiger charge is -2.29. The zero-order valence-electron chi connectivity index (χ0n) is 14.1. The molecule has 0 aliphatic carbocycles. The van der Waals surface area contributed by atoms with Crippen molar-refractivity contribution in [3.05, 3.63) is 0 Å². The maximum atomic E-state index is 12.6. The lowest BCUT2D eigenvalue weighted by atomic mass is 10.0. The average molecular weight is 282 g/mol. The second-order valence-electron chi connectivity index (χ2n) is 6.68. The number of amides is 1. The molecule has 0 bridgehead atoms. The molecular weight excluding hydrogens is 248 g/mol. The van der Waals surface area contributed by atoms with E-state index in [1.807, 2.05) is 0 Å². The molecule has 1 amide bonds. The first-order chi connectivity index (χ1) is 9.53. The number of carbonyl (C=O) groups is 1. The van der Waals surface area contributed by atoms with Crippen LogP contribution in [0.2, 0.25) is 0 Å². The molecular formula is C17H34N2O. The number of nitrogens with one attached hydrogen (secondary N) is 1. The fourth-order valence-corrected chi connectivity index (χ4v) is 3.05. The lowest BCUT2D eigenvalue weighted by molar-refractivity contribution is -0.131. The average Bonchev–Trinajstić information content (AvgIpc) is 2.69. The van der Waals surface area contributed by atoms with Crippen LogP contribution in [-0.2, 0) is 4.79 Å². The summed E-state index contributed by atoms with van der Waals surface area (Å²) in [4.78, 5) is 14.8. The van der Waals surface area contributed by atoms with Gasteiger partial charge < -0.3 is 4.90 Å². The number of unbranched alkanes of at least 4 members (excludes halogenated alkanes) is 1. The van der Waals surface area contributed by atoms with Gasteiger partial charge in [0.1, 0.15) is 0 Å². The van der Waals surface area contributed by atoms with E-state index in [0.717, 1.165) is 45.1 Å². The van der Waals surface area contributed by atoms with Crippen LogP contribution < -0.4 is 5.32 Å². The van der Waals surface area contributed by atoms with Crippen LogP contribution in [0.3, 0.4) is 0 Å². The summed E-state index contributed by atoms with van der Waals surface area (Å²) in [7, 11) is 0. The zero-order valence-corrected chi connectivity index (χ0v) is 14.1. The van der Waals surface area contributed by atoms with Gasteiger partial charge in [-0.2, -0.15) is 0 Å². The quantitative estimate of drug-likeness (QED) is 0.698. The molecule has 1 N–H and O–H groups in total. The molecule has 1 saturated heterocycles. The maximum absolute atomic E-state index is 12.6. The minimum atomic E-state index is 0.0630. The molecule has 0 saturated carbocycles. The predicted molar refractivity (Wildman–Crippen MR) is 85.5 cm³/mol. The molecule has 3 heteroatoms. The van der Waals surface area contributed by atoms with Crippen molar-refractivity contribution < 1.29 is 4.79 Å². The van der Waals surface area contributed by atoms with Crippen molar-refractivity contribution in [3.63, 3.8) is 0 Å². The van der Waals surface area contributed by atoms with E-state index < -0.39 is 0 Å². The van der Waals surface area contributed by atoms with E-state index in [-0.39, 0.29) is 12.2 Å². The Morgan fingerprint density at radius 1 is 1.20 bits per heavy atom. The van der Waals surface area contributed by atoms with Crippen molar-refractivity contribution in [1.82, 2.24) is 10.2 Å². The highest BCUT2D eigenvalue weighted by Gasteiger charge is 2.38. The van der Waals surface area contributed by atoms with Crippen LogP contribution in [-0.4, -0.2) is 29.6 Å². The molecule has 0 radical (unpaired) electrons.